The Morgan fingerprint density at radius 1 is 1.07 bits per heavy atom. The van der Waals surface area contributed by atoms with Crippen LogP contribution in [0.15, 0.2) is 42.5 Å². The minimum absolute atomic E-state index is 0.0678. The second-order valence-corrected chi connectivity index (χ2v) is 5.77. The molecule has 0 heterocycles. The number of nitrogens with one attached hydrogen (secondary N) is 1. The molecule has 0 saturated heterocycles. The highest BCUT2D eigenvalue weighted by Gasteiger charge is 2.30. The number of alkyl halides is 3. The van der Waals surface area contributed by atoms with Gasteiger partial charge in [0.2, 0.25) is 0 Å². The van der Waals surface area contributed by atoms with Crippen molar-refractivity contribution in [3.63, 3.8) is 0 Å². The van der Waals surface area contributed by atoms with Crippen LogP contribution in [0.5, 0.6) is 11.5 Å². The molecule has 28 heavy (non-hydrogen) atoms. The molecule has 0 aliphatic carbocycles. The maximum atomic E-state index is 12.1. The van der Waals surface area contributed by atoms with Crippen LogP contribution in [0.3, 0.4) is 0 Å². The summed E-state index contributed by atoms with van der Waals surface area (Å²) in [6.07, 6.45) is -4.86. The van der Waals surface area contributed by atoms with Crippen molar-refractivity contribution >= 4 is 17.6 Å². The minimum atomic E-state index is -4.79. The molecule has 2 aromatic carbocycles. The highest BCUT2D eigenvalue weighted by molar-refractivity contribution is 5.93. The smallest absolute Gasteiger partial charge is 0.496 e. The summed E-state index contributed by atoms with van der Waals surface area (Å²) in [6.45, 7) is 1.33. The van der Waals surface area contributed by atoms with E-state index in [-0.39, 0.29) is 12.1 Å². The summed E-state index contributed by atoms with van der Waals surface area (Å²) >= 11 is 0. The van der Waals surface area contributed by atoms with E-state index in [1.807, 2.05) is 13.0 Å². The van der Waals surface area contributed by atoms with Gasteiger partial charge in [0.05, 0.1) is 13.5 Å². The van der Waals surface area contributed by atoms with Crippen molar-refractivity contribution in [2.24, 2.45) is 0 Å². The van der Waals surface area contributed by atoms with Crippen LogP contribution in [0.2, 0.25) is 0 Å². The highest BCUT2D eigenvalue weighted by Crippen LogP contribution is 2.24. The van der Waals surface area contributed by atoms with Gasteiger partial charge in [0.1, 0.15) is 11.5 Å². The van der Waals surface area contributed by atoms with E-state index >= 15 is 0 Å². The summed E-state index contributed by atoms with van der Waals surface area (Å²) in [7, 11) is 1.48. The van der Waals surface area contributed by atoms with Crippen molar-refractivity contribution < 1.29 is 37.0 Å². The normalized spacial score (nSPS) is 10.9. The summed E-state index contributed by atoms with van der Waals surface area (Å²) in [5.41, 5.74) is 1.81. The molecule has 2 aromatic rings. The number of carbonyl (C=O) groups is 2. The number of rotatable bonds is 7. The topological polar surface area (TPSA) is 73.9 Å². The van der Waals surface area contributed by atoms with Gasteiger partial charge in [0.15, 0.2) is 6.61 Å². The number of methoxy groups -OCH3 is 1. The van der Waals surface area contributed by atoms with Gasteiger partial charge in [0, 0.05) is 11.3 Å². The number of aryl methyl sites for hydroxylation is 1. The van der Waals surface area contributed by atoms with Gasteiger partial charge in [-0.1, -0.05) is 17.7 Å². The molecular formula is C19H18F3NO5. The Labute approximate surface area is 159 Å². The van der Waals surface area contributed by atoms with E-state index in [0.29, 0.717) is 11.3 Å². The molecule has 6 nitrogen and oxygen atoms in total. The maximum Gasteiger partial charge on any atom is 0.573 e. The van der Waals surface area contributed by atoms with E-state index in [1.165, 1.54) is 19.2 Å². The van der Waals surface area contributed by atoms with Gasteiger partial charge >= 0.3 is 12.3 Å². The summed E-state index contributed by atoms with van der Waals surface area (Å²) < 4.78 is 50.2. The van der Waals surface area contributed by atoms with Crippen molar-refractivity contribution in [1.82, 2.24) is 0 Å². The lowest BCUT2D eigenvalue weighted by molar-refractivity contribution is -0.274. The Balaban J connectivity index is 1.84. The average molecular weight is 397 g/mol. The third kappa shape index (κ3) is 6.82. The first-order chi connectivity index (χ1) is 13.2. The van der Waals surface area contributed by atoms with Gasteiger partial charge < -0.3 is 19.5 Å². The fraction of sp³-hybridized carbons (Fsp3) is 0.263. The maximum absolute atomic E-state index is 12.1. The Morgan fingerprint density at radius 3 is 2.36 bits per heavy atom. The van der Waals surface area contributed by atoms with Crippen molar-refractivity contribution in [3.05, 3.63) is 53.6 Å². The standard InChI is InChI=1S/C19H18F3NO5/c1-12-3-8-16(26-2)13(9-12)10-18(25)27-11-17(24)23-14-4-6-15(7-5-14)28-19(20,21)22/h3-9H,10-11H2,1-2H3,(H,23,24). The Hall–Kier alpha value is -3.23. The summed E-state index contributed by atoms with van der Waals surface area (Å²) in [5.74, 6) is -1.13. The fourth-order valence-electron chi connectivity index (χ4n) is 2.34. The predicted molar refractivity (Wildman–Crippen MR) is 94.1 cm³/mol. The zero-order valence-corrected chi connectivity index (χ0v) is 15.1. The van der Waals surface area contributed by atoms with Gasteiger partial charge in [-0.3, -0.25) is 9.59 Å². The van der Waals surface area contributed by atoms with Gasteiger partial charge in [0.25, 0.3) is 5.91 Å². The van der Waals surface area contributed by atoms with Crippen LogP contribution in [0, 0.1) is 6.92 Å². The van der Waals surface area contributed by atoms with E-state index in [0.717, 1.165) is 17.7 Å². The molecule has 0 spiro atoms. The molecule has 0 saturated carbocycles. The molecule has 0 unspecified atom stereocenters. The third-order valence-corrected chi connectivity index (χ3v) is 3.51. The Morgan fingerprint density at radius 2 is 1.75 bits per heavy atom. The van der Waals surface area contributed by atoms with Gasteiger partial charge in [-0.15, -0.1) is 13.2 Å². The second kappa shape index (κ2) is 9.12. The number of benzene rings is 2. The Bertz CT molecular complexity index is 834. The number of esters is 1. The third-order valence-electron chi connectivity index (χ3n) is 3.51. The lowest BCUT2D eigenvalue weighted by Crippen LogP contribution is -2.22. The second-order valence-electron chi connectivity index (χ2n) is 5.77. The number of anilines is 1. The molecule has 0 aliphatic rings. The van der Waals surface area contributed by atoms with E-state index in [9.17, 15) is 22.8 Å². The van der Waals surface area contributed by atoms with Crippen LogP contribution in [0.25, 0.3) is 0 Å². The molecule has 0 aliphatic heterocycles. The van der Waals surface area contributed by atoms with E-state index in [2.05, 4.69) is 10.1 Å². The van der Waals surface area contributed by atoms with Crippen LogP contribution >= 0.6 is 0 Å². The molecule has 1 amide bonds. The molecule has 0 bridgehead atoms. The zero-order chi connectivity index (χ0) is 20.7. The number of hydrogen-bond donors (Lipinski definition) is 1. The largest absolute Gasteiger partial charge is 0.573 e. The lowest BCUT2D eigenvalue weighted by Gasteiger charge is -2.11. The Kier molecular flexibility index (Phi) is 6.86. The molecule has 0 aromatic heterocycles. The molecule has 0 radical (unpaired) electrons. The number of ether oxygens (including phenoxy) is 3. The molecule has 0 fully saturated rings. The van der Waals surface area contributed by atoms with E-state index in [1.54, 1.807) is 12.1 Å². The number of hydrogen-bond acceptors (Lipinski definition) is 5. The first-order valence-electron chi connectivity index (χ1n) is 8.11. The van der Waals surface area contributed by atoms with E-state index in [4.69, 9.17) is 9.47 Å². The molecule has 0 atom stereocenters. The van der Waals surface area contributed by atoms with E-state index < -0.39 is 30.6 Å². The molecule has 2 rings (SSSR count). The van der Waals surface area contributed by atoms with Crippen molar-refractivity contribution in [3.8, 4) is 11.5 Å². The van der Waals surface area contributed by atoms with Gasteiger partial charge in [-0.25, -0.2) is 0 Å². The first-order valence-corrected chi connectivity index (χ1v) is 8.11. The van der Waals surface area contributed by atoms with Gasteiger partial charge in [-0.2, -0.15) is 0 Å². The lowest BCUT2D eigenvalue weighted by atomic mass is 10.1. The fourth-order valence-corrected chi connectivity index (χ4v) is 2.34. The van der Waals surface area contributed by atoms with Crippen LogP contribution in [-0.4, -0.2) is 32.0 Å². The quantitative estimate of drug-likeness (QED) is 0.723. The zero-order valence-electron chi connectivity index (χ0n) is 15.1. The molecule has 9 heteroatoms. The van der Waals surface area contributed by atoms with Crippen molar-refractivity contribution in [1.29, 1.82) is 0 Å². The van der Waals surface area contributed by atoms with Crippen LogP contribution in [0.1, 0.15) is 11.1 Å². The van der Waals surface area contributed by atoms with Crippen molar-refractivity contribution in [2.45, 2.75) is 19.7 Å². The van der Waals surface area contributed by atoms with Crippen molar-refractivity contribution in [2.75, 3.05) is 19.0 Å². The summed E-state index contributed by atoms with van der Waals surface area (Å²) in [6, 6.07) is 9.93. The SMILES string of the molecule is COc1ccc(C)cc1CC(=O)OCC(=O)Nc1ccc(OC(F)(F)F)cc1. The summed E-state index contributed by atoms with van der Waals surface area (Å²) in [5, 5.41) is 2.41. The number of carbonyl (C=O) groups excluding carboxylic acids is 2. The first kappa shape index (κ1) is 21.1. The van der Waals surface area contributed by atoms with Crippen LogP contribution in [-0.2, 0) is 20.7 Å². The highest BCUT2D eigenvalue weighted by atomic mass is 19.4. The summed E-state index contributed by atoms with van der Waals surface area (Å²) in [4.78, 5) is 23.8. The predicted octanol–water partition coefficient (Wildman–Crippen LogP) is 3.63. The number of amides is 1. The van der Waals surface area contributed by atoms with Crippen LogP contribution < -0.4 is 14.8 Å². The minimum Gasteiger partial charge on any atom is -0.496 e. The van der Waals surface area contributed by atoms with Crippen LogP contribution in [0.4, 0.5) is 18.9 Å². The monoisotopic (exact) mass is 397 g/mol. The van der Waals surface area contributed by atoms with Gasteiger partial charge in [-0.05, 0) is 37.3 Å². The molecule has 1 N–H and O–H groups in total. The molecular weight excluding hydrogens is 379 g/mol. The molecule has 150 valence electrons. The average Bonchev–Trinajstić information content (AvgIpc) is 2.61. The number of halogens is 3.